The van der Waals surface area contributed by atoms with Gasteiger partial charge in [0.05, 0.1) is 29.8 Å². The number of aryl methyl sites for hydroxylation is 2. The van der Waals surface area contributed by atoms with Crippen molar-refractivity contribution in [2.24, 2.45) is 5.10 Å². The van der Waals surface area contributed by atoms with Crippen LogP contribution in [-0.4, -0.2) is 58.3 Å². The molecule has 1 N–H and O–H groups in total. The van der Waals surface area contributed by atoms with E-state index in [9.17, 15) is 18.0 Å². The summed E-state index contributed by atoms with van der Waals surface area (Å²) < 4.78 is 25.6. The smallest absolute Gasteiger partial charge is 0.273 e. The van der Waals surface area contributed by atoms with Gasteiger partial charge in [0, 0.05) is 18.4 Å². The second-order valence-corrected chi connectivity index (χ2v) is 11.3. The molecule has 3 heterocycles. The lowest BCUT2D eigenvalue weighted by molar-refractivity contribution is -0.133. The molecule has 2 unspecified atom stereocenters. The molecule has 0 spiro atoms. The number of rotatable bonds is 4. The van der Waals surface area contributed by atoms with Gasteiger partial charge in [-0.3, -0.25) is 9.59 Å². The van der Waals surface area contributed by atoms with Gasteiger partial charge in [0.15, 0.2) is 9.84 Å². The van der Waals surface area contributed by atoms with Crippen LogP contribution in [0.1, 0.15) is 54.8 Å². The first kappa shape index (κ1) is 21.8. The minimum absolute atomic E-state index is 0.0361. The lowest BCUT2D eigenvalue weighted by Crippen LogP contribution is -2.42. The van der Waals surface area contributed by atoms with Gasteiger partial charge in [-0.25, -0.2) is 18.1 Å². The van der Waals surface area contributed by atoms with Gasteiger partial charge >= 0.3 is 0 Å². The van der Waals surface area contributed by atoms with Crippen molar-refractivity contribution >= 4 is 33.2 Å². The zero-order chi connectivity index (χ0) is 23.2. The van der Waals surface area contributed by atoms with E-state index in [1.807, 2.05) is 23.7 Å². The number of hydrogen-bond acceptors (Lipinski definition) is 6. The predicted molar refractivity (Wildman–Crippen MR) is 124 cm³/mol. The van der Waals surface area contributed by atoms with Crippen molar-refractivity contribution in [2.45, 2.75) is 57.5 Å². The van der Waals surface area contributed by atoms with Gasteiger partial charge in [-0.15, -0.1) is 0 Å². The summed E-state index contributed by atoms with van der Waals surface area (Å²) >= 11 is 0. The fourth-order valence-corrected chi connectivity index (χ4v) is 6.68. The number of fused-ring (bicyclic) bond motifs is 1. The van der Waals surface area contributed by atoms with Gasteiger partial charge < -0.3 is 5.32 Å². The third-order valence-electron chi connectivity index (χ3n) is 6.72. The van der Waals surface area contributed by atoms with Crippen molar-refractivity contribution in [1.29, 1.82) is 0 Å². The molecule has 2 atom stereocenters. The highest BCUT2D eigenvalue weighted by molar-refractivity contribution is 7.91. The Morgan fingerprint density at radius 2 is 1.97 bits per heavy atom. The first-order valence-electron chi connectivity index (χ1n) is 11.4. The molecule has 2 aliphatic heterocycles. The number of anilines is 1. The summed E-state index contributed by atoms with van der Waals surface area (Å²) in [5.41, 5.74) is 3.60. The number of hydrogen-bond donors (Lipinski definition) is 1. The van der Waals surface area contributed by atoms with Crippen molar-refractivity contribution in [3.63, 3.8) is 0 Å². The van der Waals surface area contributed by atoms with Crippen LogP contribution in [0.3, 0.4) is 0 Å². The largest absolute Gasteiger partial charge is 0.305 e. The summed E-state index contributed by atoms with van der Waals surface area (Å²) in [5.74, 6) is -0.0728. The fraction of sp³-hybridized carbons (Fsp3) is 0.478. The number of carbonyl (C=O) groups is 2. The minimum atomic E-state index is -3.17. The molecular formula is C23H27N5O4S. The van der Waals surface area contributed by atoms with Crippen molar-refractivity contribution in [2.75, 3.05) is 16.8 Å². The fourth-order valence-electron chi connectivity index (χ4n) is 4.99. The summed E-state index contributed by atoms with van der Waals surface area (Å²) in [7, 11) is -3.17. The summed E-state index contributed by atoms with van der Waals surface area (Å²) in [5, 5.41) is 13.1. The van der Waals surface area contributed by atoms with Crippen molar-refractivity contribution in [1.82, 2.24) is 14.8 Å². The Bertz CT molecular complexity index is 1250. The molecule has 0 saturated carbocycles. The number of nitrogens with one attached hydrogen (secondary N) is 1. The lowest BCUT2D eigenvalue weighted by atomic mass is 9.88. The van der Waals surface area contributed by atoms with E-state index in [1.54, 1.807) is 6.20 Å². The Morgan fingerprint density at radius 1 is 1.15 bits per heavy atom. The van der Waals surface area contributed by atoms with Gasteiger partial charge in [-0.1, -0.05) is 24.3 Å². The number of nitrogens with zero attached hydrogens (tertiary/aromatic N) is 4. The van der Waals surface area contributed by atoms with E-state index in [2.05, 4.69) is 27.6 Å². The Balaban J connectivity index is 1.40. The van der Waals surface area contributed by atoms with Crippen LogP contribution < -0.4 is 5.32 Å². The zero-order valence-electron chi connectivity index (χ0n) is 18.5. The van der Waals surface area contributed by atoms with Gasteiger partial charge in [-0.05, 0) is 43.7 Å². The number of aromatic nitrogens is 2. The average molecular weight is 470 g/mol. The van der Waals surface area contributed by atoms with E-state index >= 15 is 0 Å². The van der Waals surface area contributed by atoms with Crippen LogP contribution in [0, 0.1) is 6.92 Å². The van der Waals surface area contributed by atoms with Crippen LogP contribution >= 0.6 is 0 Å². The zero-order valence-corrected chi connectivity index (χ0v) is 19.3. The van der Waals surface area contributed by atoms with Crippen molar-refractivity contribution < 1.29 is 18.0 Å². The first-order valence-corrected chi connectivity index (χ1v) is 13.2. The Hall–Kier alpha value is -3.01. The van der Waals surface area contributed by atoms with Crippen LogP contribution in [0.2, 0.25) is 0 Å². The second kappa shape index (κ2) is 8.40. The van der Waals surface area contributed by atoms with E-state index in [0.717, 1.165) is 24.8 Å². The summed E-state index contributed by atoms with van der Waals surface area (Å²) in [6, 6.07) is 7.86. The first-order chi connectivity index (χ1) is 15.8. The SMILES string of the molecule is Cc1cnn(C2CCCc3ccccc32)c1NC(=O)C1=NN(C2CCS(=O)(=O)C2)C(=O)CC1. The quantitative estimate of drug-likeness (QED) is 0.738. The van der Waals surface area contributed by atoms with E-state index in [-0.39, 0.29) is 47.9 Å². The molecule has 0 bridgehead atoms. The van der Waals surface area contributed by atoms with Crippen molar-refractivity contribution in [3.05, 3.63) is 47.2 Å². The molecule has 10 heteroatoms. The van der Waals surface area contributed by atoms with Crippen LogP contribution in [0.4, 0.5) is 5.82 Å². The normalized spacial score (nSPS) is 24.3. The van der Waals surface area contributed by atoms with Gasteiger partial charge in [0.2, 0.25) is 5.91 Å². The van der Waals surface area contributed by atoms with Crippen LogP contribution in [0.25, 0.3) is 0 Å². The maximum Gasteiger partial charge on any atom is 0.273 e. The molecule has 174 valence electrons. The highest BCUT2D eigenvalue weighted by Gasteiger charge is 2.37. The van der Waals surface area contributed by atoms with E-state index in [4.69, 9.17) is 0 Å². The number of benzene rings is 1. The highest BCUT2D eigenvalue weighted by atomic mass is 32.2. The molecule has 9 nitrogen and oxygen atoms in total. The molecular weight excluding hydrogens is 442 g/mol. The number of amides is 2. The molecule has 0 radical (unpaired) electrons. The third-order valence-corrected chi connectivity index (χ3v) is 8.47. The van der Waals surface area contributed by atoms with Crippen molar-refractivity contribution in [3.8, 4) is 0 Å². The summed E-state index contributed by atoms with van der Waals surface area (Å²) in [4.78, 5) is 25.5. The number of carbonyl (C=O) groups excluding carboxylic acids is 2. The van der Waals surface area contributed by atoms with Gasteiger partial charge in [0.25, 0.3) is 5.91 Å². The Labute approximate surface area is 192 Å². The minimum Gasteiger partial charge on any atom is -0.305 e. The summed E-state index contributed by atoms with van der Waals surface area (Å²) in [6.07, 6.45) is 5.46. The highest BCUT2D eigenvalue weighted by Crippen LogP contribution is 2.35. The Morgan fingerprint density at radius 3 is 2.76 bits per heavy atom. The molecule has 1 aliphatic carbocycles. The molecule has 1 fully saturated rings. The van der Waals surface area contributed by atoms with Crippen LogP contribution in [0.5, 0.6) is 0 Å². The number of sulfone groups is 1. The maximum absolute atomic E-state index is 13.2. The van der Waals surface area contributed by atoms with E-state index < -0.39 is 15.9 Å². The Kier molecular flexibility index (Phi) is 5.55. The molecule has 2 aromatic rings. The third kappa shape index (κ3) is 4.19. The van der Waals surface area contributed by atoms with Crippen LogP contribution in [-0.2, 0) is 25.8 Å². The van der Waals surface area contributed by atoms with E-state index in [1.165, 1.54) is 16.1 Å². The molecule has 1 saturated heterocycles. The predicted octanol–water partition coefficient (Wildman–Crippen LogP) is 2.22. The molecule has 1 aromatic heterocycles. The molecule has 33 heavy (non-hydrogen) atoms. The maximum atomic E-state index is 13.2. The van der Waals surface area contributed by atoms with Gasteiger partial charge in [-0.2, -0.15) is 10.2 Å². The number of hydrazone groups is 1. The summed E-state index contributed by atoms with van der Waals surface area (Å²) in [6.45, 7) is 1.90. The monoisotopic (exact) mass is 469 g/mol. The topological polar surface area (TPSA) is 114 Å². The van der Waals surface area contributed by atoms with Gasteiger partial charge in [0.1, 0.15) is 11.5 Å². The molecule has 3 aliphatic rings. The molecule has 2 amide bonds. The second-order valence-electron chi connectivity index (χ2n) is 9.02. The van der Waals surface area contributed by atoms with E-state index in [0.29, 0.717) is 12.2 Å². The molecule has 1 aromatic carbocycles. The lowest BCUT2D eigenvalue weighted by Gasteiger charge is -2.28. The molecule has 5 rings (SSSR count). The average Bonchev–Trinajstić information content (AvgIpc) is 3.35. The van der Waals surface area contributed by atoms with Crippen LogP contribution in [0.15, 0.2) is 35.6 Å². The standard InChI is InChI=1S/C23H27N5O4S/c1-15-13-24-28(20-8-4-6-16-5-2-3-7-18(16)20)22(15)25-23(30)19-9-10-21(29)27(26-19)17-11-12-33(31,32)14-17/h2-3,5,7,13,17,20H,4,6,8-12,14H2,1H3,(H,25,30).